The highest BCUT2D eigenvalue weighted by atomic mass is 35.5. The molecule has 0 aliphatic carbocycles. The summed E-state index contributed by atoms with van der Waals surface area (Å²) in [5.74, 6) is -1.73. The van der Waals surface area contributed by atoms with E-state index in [1.54, 1.807) is 6.07 Å². The molecule has 1 atom stereocenters. The molecule has 0 fully saturated rings. The first-order valence-electron chi connectivity index (χ1n) is 11.1. The molecule has 1 amide bonds. The third-order valence-electron chi connectivity index (χ3n) is 5.30. The van der Waals surface area contributed by atoms with Crippen molar-refractivity contribution in [2.75, 3.05) is 5.75 Å². The van der Waals surface area contributed by atoms with Crippen LogP contribution in [0.2, 0.25) is 5.15 Å². The van der Waals surface area contributed by atoms with E-state index in [9.17, 15) is 27.9 Å². The number of amides is 1. The average molecular weight is 562 g/mol. The SMILES string of the molecule is O=C(NC(CSCc1ccccc1)C(=O)O)c1nc(-c2ccc(C(F)(F)F)cc2)oc1-c1cccnc1Cl. The first-order valence-corrected chi connectivity index (χ1v) is 12.6. The van der Waals surface area contributed by atoms with Crippen LogP contribution in [0, 0.1) is 0 Å². The van der Waals surface area contributed by atoms with Crippen molar-refractivity contribution in [2.24, 2.45) is 0 Å². The largest absolute Gasteiger partial charge is 0.480 e. The number of nitrogens with zero attached hydrogens (tertiary/aromatic N) is 2. The van der Waals surface area contributed by atoms with E-state index in [0.717, 1.165) is 29.8 Å². The number of hydrogen-bond donors (Lipinski definition) is 2. The molecule has 4 rings (SSSR count). The van der Waals surface area contributed by atoms with Crippen molar-refractivity contribution >= 4 is 35.2 Å². The third-order valence-corrected chi connectivity index (χ3v) is 6.71. The molecule has 196 valence electrons. The van der Waals surface area contributed by atoms with Crippen LogP contribution in [0.3, 0.4) is 0 Å². The maximum absolute atomic E-state index is 13.2. The Morgan fingerprint density at radius 3 is 2.39 bits per heavy atom. The third kappa shape index (κ3) is 6.53. The van der Waals surface area contributed by atoms with Gasteiger partial charge < -0.3 is 14.8 Å². The van der Waals surface area contributed by atoms with Crippen molar-refractivity contribution in [3.05, 3.63) is 94.9 Å². The number of carboxylic acids is 1. The van der Waals surface area contributed by atoms with Gasteiger partial charge >= 0.3 is 12.1 Å². The van der Waals surface area contributed by atoms with E-state index in [4.69, 9.17) is 16.0 Å². The predicted molar refractivity (Wildman–Crippen MR) is 137 cm³/mol. The molecule has 0 saturated carbocycles. The summed E-state index contributed by atoms with van der Waals surface area (Å²) in [6.45, 7) is 0. The minimum Gasteiger partial charge on any atom is -0.480 e. The Hall–Kier alpha value is -3.83. The van der Waals surface area contributed by atoms with Gasteiger partial charge in [-0.3, -0.25) is 4.79 Å². The number of thioether (sulfide) groups is 1. The van der Waals surface area contributed by atoms with E-state index in [1.165, 1.54) is 24.0 Å². The molecule has 2 aromatic carbocycles. The number of rotatable bonds is 9. The van der Waals surface area contributed by atoms with Crippen LogP contribution in [0.4, 0.5) is 13.2 Å². The smallest absolute Gasteiger partial charge is 0.416 e. The Bertz CT molecular complexity index is 1430. The molecule has 2 N–H and O–H groups in total. The second-order valence-electron chi connectivity index (χ2n) is 7.98. The second-order valence-corrected chi connectivity index (χ2v) is 9.37. The lowest BCUT2D eigenvalue weighted by atomic mass is 10.1. The summed E-state index contributed by atoms with van der Waals surface area (Å²) in [5, 5.41) is 12.1. The first kappa shape index (κ1) is 27.2. The van der Waals surface area contributed by atoms with Gasteiger partial charge in [0.25, 0.3) is 5.91 Å². The van der Waals surface area contributed by atoms with Gasteiger partial charge in [-0.25, -0.2) is 14.8 Å². The molecule has 0 bridgehead atoms. The highest BCUT2D eigenvalue weighted by Crippen LogP contribution is 2.35. The number of aliphatic carboxylic acids is 1. The average Bonchev–Trinajstić information content (AvgIpc) is 3.34. The number of carbonyl (C=O) groups excluding carboxylic acids is 1. The van der Waals surface area contributed by atoms with Crippen LogP contribution in [-0.2, 0) is 16.7 Å². The maximum Gasteiger partial charge on any atom is 0.416 e. The van der Waals surface area contributed by atoms with Gasteiger partial charge in [-0.2, -0.15) is 24.9 Å². The van der Waals surface area contributed by atoms with Gasteiger partial charge in [-0.05, 0) is 42.0 Å². The Balaban J connectivity index is 1.61. The van der Waals surface area contributed by atoms with E-state index < -0.39 is 29.7 Å². The Kier molecular flexibility index (Phi) is 8.38. The van der Waals surface area contributed by atoms with Crippen LogP contribution in [0.15, 0.2) is 77.3 Å². The normalized spacial score (nSPS) is 12.2. The molecular weight excluding hydrogens is 543 g/mol. The van der Waals surface area contributed by atoms with E-state index >= 15 is 0 Å². The lowest BCUT2D eigenvalue weighted by Crippen LogP contribution is -2.42. The second kappa shape index (κ2) is 11.7. The molecule has 4 aromatic rings. The zero-order chi connectivity index (χ0) is 27.3. The van der Waals surface area contributed by atoms with E-state index in [0.29, 0.717) is 5.75 Å². The number of carbonyl (C=O) groups is 2. The molecule has 2 heterocycles. The fourth-order valence-corrected chi connectivity index (χ4v) is 4.62. The summed E-state index contributed by atoms with van der Waals surface area (Å²) in [5.41, 5.74) is 0.230. The lowest BCUT2D eigenvalue weighted by molar-refractivity contribution is -0.139. The summed E-state index contributed by atoms with van der Waals surface area (Å²) < 4.78 is 44.7. The molecule has 0 saturated heterocycles. The van der Waals surface area contributed by atoms with Crippen molar-refractivity contribution < 1.29 is 32.3 Å². The molecule has 38 heavy (non-hydrogen) atoms. The standard InChI is InChI=1S/C26H19ClF3N3O4S/c27-22-18(7-4-12-31-22)21-20(33-24(37-21)16-8-10-17(11-9-16)26(28,29)30)23(34)32-19(25(35)36)14-38-13-15-5-2-1-3-6-15/h1-12,19H,13-14H2,(H,32,34)(H,35,36). The van der Waals surface area contributed by atoms with Crippen molar-refractivity contribution in [2.45, 2.75) is 18.0 Å². The zero-order valence-corrected chi connectivity index (χ0v) is 21.0. The number of hydrogen-bond acceptors (Lipinski definition) is 6. The number of aromatic nitrogens is 2. The summed E-state index contributed by atoms with van der Waals surface area (Å²) in [4.78, 5) is 33.2. The summed E-state index contributed by atoms with van der Waals surface area (Å²) in [6.07, 6.45) is -3.11. The monoisotopic (exact) mass is 561 g/mol. The molecule has 0 aliphatic rings. The predicted octanol–water partition coefficient (Wildman–Crippen LogP) is 6.19. The van der Waals surface area contributed by atoms with Gasteiger partial charge in [0.05, 0.1) is 11.1 Å². The van der Waals surface area contributed by atoms with E-state index in [2.05, 4.69) is 15.3 Å². The number of halogens is 4. The van der Waals surface area contributed by atoms with Crippen LogP contribution in [0.5, 0.6) is 0 Å². The van der Waals surface area contributed by atoms with Crippen LogP contribution in [0.1, 0.15) is 21.6 Å². The number of nitrogens with one attached hydrogen (secondary N) is 1. The zero-order valence-electron chi connectivity index (χ0n) is 19.4. The maximum atomic E-state index is 13.2. The minimum atomic E-state index is -4.53. The van der Waals surface area contributed by atoms with Crippen molar-refractivity contribution in [3.63, 3.8) is 0 Å². The topological polar surface area (TPSA) is 105 Å². The van der Waals surface area contributed by atoms with Crippen LogP contribution >= 0.6 is 23.4 Å². The van der Waals surface area contributed by atoms with Gasteiger partial charge in [0.15, 0.2) is 11.5 Å². The van der Waals surface area contributed by atoms with Crippen LogP contribution in [0.25, 0.3) is 22.8 Å². The van der Waals surface area contributed by atoms with Crippen LogP contribution in [-0.4, -0.2) is 38.7 Å². The lowest BCUT2D eigenvalue weighted by Gasteiger charge is -2.14. The van der Waals surface area contributed by atoms with Gasteiger partial charge in [-0.1, -0.05) is 41.9 Å². The Labute approximate surface area is 224 Å². The van der Waals surface area contributed by atoms with Crippen molar-refractivity contribution in [1.82, 2.24) is 15.3 Å². The number of pyridine rings is 1. The molecule has 7 nitrogen and oxygen atoms in total. The van der Waals surface area contributed by atoms with Crippen LogP contribution < -0.4 is 5.32 Å². The number of alkyl halides is 3. The molecule has 2 aromatic heterocycles. The number of benzene rings is 2. The quantitative estimate of drug-likeness (QED) is 0.235. The molecule has 0 radical (unpaired) electrons. The molecule has 0 aliphatic heterocycles. The van der Waals surface area contributed by atoms with E-state index in [-0.39, 0.29) is 39.4 Å². The summed E-state index contributed by atoms with van der Waals surface area (Å²) >= 11 is 7.52. The Morgan fingerprint density at radius 2 is 1.76 bits per heavy atom. The summed E-state index contributed by atoms with van der Waals surface area (Å²) in [7, 11) is 0. The number of oxazole rings is 1. The van der Waals surface area contributed by atoms with Crippen molar-refractivity contribution in [3.8, 4) is 22.8 Å². The number of carboxylic acid groups (broad SMARTS) is 1. The Morgan fingerprint density at radius 1 is 1.05 bits per heavy atom. The van der Waals surface area contributed by atoms with Gasteiger partial charge in [0.2, 0.25) is 5.89 Å². The van der Waals surface area contributed by atoms with Gasteiger partial charge in [0.1, 0.15) is 11.2 Å². The fourth-order valence-electron chi connectivity index (χ4n) is 3.41. The van der Waals surface area contributed by atoms with Gasteiger partial charge in [-0.15, -0.1) is 0 Å². The van der Waals surface area contributed by atoms with E-state index in [1.807, 2.05) is 30.3 Å². The minimum absolute atomic E-state index is 0.00938. The summed E-state index contributed by atoms with van der Waals surface area (Å²) in [6, 6.07) is 15.3. The van der Waals surface area contributed by atoms with Gasteiger partial charge in [0, 0.05) is 23.3 Å². The molecular formula is C26H19ClF3N3O4S. The molecule has 12 heteroatoms. The first-order chi connectivity index (χ1) is 18.1. The highest BCUT2D eigenvalue weighted by molar-refractivity contribution is 7.98. The molecule has 1 unspecified atom stereocenters. The highest BCUT2D eigenvalue weighted by Gasteiger charge is 2.31. The van der Waals surface area contributed by atoms with Crippen molar-refractivity contribution in [1.29, 1.82) is 0 Å². The fraction of sp³-hybridized carbons (Fsp3) is 0.154. The molecule has 0 spiro atoms.